The molecule has 0 saturated heterocycles. The van der Waals surface area contributed by atoms with Crippen LogP contribution in [0.25, 0.3) is 0 Å². The van der Waals surface area contributed by atoms with E-state index in [2.05, 4.69) is 0 Å². The highest BCUT2D eigenvalue weighted by atomic mass is 19.1. The first-order chi connectivity index (χ1) is 12.5. The van der Waals surface area contributed by atoms with Gasteiger partial charge in [-0.3, -0.25) is 9.59 Å². The molecule has 0 aromatic rings. The summed E-state index contributed by atoms with van der Waals surface area (Å²) in [5.41, 5.74) is -4.69. The lowest BCUT2D eigenvalue weighted by atomic mass is 9.44. The van der Waals surface area contributed by atoms with Gasteiger partial charge in [0, 0.05) is 29.6 Å². The normalized spacial score (nSPS) is 51.9. The molecule has 3 fully saturated rings. The van der Waals surface area contributed by atoms with Crippen LogP contribution in [0, 0.1) is 22.7 Å². The van der Waals surface area contributed by atoms with E-state index >= 15 is 4.39 Å². The van der Waals surface area contributed by atoms with Crippen LogP contribution in [-0.2, 0) is 9.59 Å². The van der Waals surface area contributed by atoms with Gasteiger partial charge in [-0.2, -0.15) is 0 Å². The first kappa shape index (κ1) is 19.2. The Morgan fingerprint density at radius 3 is 2.67 bits per heavy atom. The van der Waals surface area contributed by atoms with Crippen molar-refractivity contribution in [2.24, 2.45) is 22.7 Å². The van der Waals surface area contributed by atoms with Crippen LogP contribution in [0.5, 0.6) is 0 Å². The molecule has 27 heavy (non-hydrogen) atoms. The Balaban J connectivity index is 1.80. The quantitative estimate of drug-likeness (QED) is 0.636. The van der Waals surface area contributed by atoms with Crippen molar-refractivity contribution in [2.75, 3.05) is 6.61 Å². The number of rotatable bonds is 2. The summed E-state index contributed by atoms with van der Waals surface area (Å²) in [5.74, 6) is -1.32. The standard InChI is InChI=1S/C21H29FO5/c1-18-7-5-13(24)9-12(18)3-4-15-14-6-8-20(27,17(26)11-23)19(14,2)10-16(25)21(15,18)22/h3,14-16,23,25,27H,4-11H2,1-2H3/t14?,15?,16-,18-,19-,20-,21?/m0/s1. The number of fused-ring (bicyclic) bond motifs is 5. The van der Waals surface area contributed by atoms with Crippen molar-refractivity contribution >= 4 is 11.6 Å². The minimum atomic E-state index is -1.88. The number of hydrogen-bond acceptors (Lipinski definition) is 5. The summed E-state index contributed by atoms with van der Waals surface area (Å²) in [7, 11) is 0. The number of Topliss-reactive ketones (excluding diaryl/α,β-unsaturated/α-hetero) is 2. The fourth-order valence-corrected chi connectivity index (χ4v) is 7.08. The van der Waals surface area contributed by atoms with E-state index < -0.39 is 46.5 Å². The monoisotopic (exact) mass is 380 g/mol. The molecule has 0 amide bonds. The minimum absolute atomic E-state index is 0.0241. The third-order valence-corrected chi connectivity index (χ3v) is 8.78. The van der Waals surface area contributed by atoms with E-state index in [0.29, 0.717) is 25.7 Å². The molecular weight excluding hydrogens is 351 g/mol. The third kappa shape index (κ3) is 2.10. The number of aliphatic hydroxyl groups excluding tert-OH is 2. The topological polar surface area (TPSA) is 94.8 Å². The summed E-state index contributed by atoms with van der Waals surface area (Å²) < 4.78 is 16.8. The summed E-state index contributed by atoms with van der Waals surface area (Å²) in [6.45, 7) is 2.82. The Bertz CT molecular complexity index is 734. The molecule has 4 aliphatic carbocycles. The van der Waals surface area contributed by atoms with E-state index in [1.54, 1.807) is 6.92 Å². The third-order valence-electron chi connectivity index (χ3n) is 8.78. The zero-order valence-corrected chi connectivity index (χ0v) is 16.0. The zero-order valence-electron chi connectivity index (χ0n) is 16.0. The summed E-state index contributed by atoms with van der Waals surface area (Å²) >= 11 is 0. The van der Waals surface area contributed by atoms with Gasteiger partial charge < -0.3 is 15.3 Å². The van der Waals surface area contributed by atoms with Crippen LogP contribution in [0.3, 0.4) is 0 Å². The molecule has 0 radical (unpaired) electrons. The highest BCUT2D eigenvalue weighted by Crippen LogP contribution is 2.69. The van der Waals surface area contributed by atoms with E-state index in [4.69, 9.17) is 0 Å². The maximum Gasteiger partial charge on any atom is 0.190 e. The second-order valence-corrected chi connectivity index (χ2v) is 9.61. The molecule has 3 saturated carbocycles. The lowest BCUT2D eigenvalue weighted by molar-refractivity contribution is -0.222. The summed E-state index contributed by atoms with van der Waals surface area (Å²) in [6, 6.07) is 0. The number of hydrogen-bond donors (Lipinski definition) is 3. The van der Waals surface area contributed by atoms with Crippen molar-refractivity contribution in [2.45, 2.75) is 76.2 Å². The first-order valence-electron chi connectivity index (χ1n) is 9.99. The van der Waals surface area contributed by atoms with E-state index in [9.17, 15) is 24.9 Å². The summed E-state index contributed by atoms with van der Waals surface area (Å²) in [5, 5.41) is 31.5. The molecular formula is C21H29FO5. The molecule has 0 aliphatic heterocycles. The fourth-order valence-electron chi connectivity index (χ4n) is 7.08. The maximum absolute atomic E-state index is 16.8. The van der Waals surface area contributed by atoms with Crippen LogP contribution in [-0.4, -0.2) is 50.9 Å². The van der Waals surface area contributed by atoms with Crippen molar-refractivity contribution in [3.63, 3.8) is 0 Å². The fraction of sp³-hybridized carbons (Fsp3) is 0.810. The number of ketones is 2. The zero-order chi connectivity index (χ0) is 19.8. The highest BCUT2D eigenvalue weighted by molar-refractivity contribution is 5.89. The molecule has 0 heterocycles. The van der Waals surface area contributed by atoms with Gasteiger partial charge in [-0.25, -0.2) is 4.39 Å². The van der Waals surface area contributed by atoms with Crippen molar-refractivity contribution in [1.82, 2.24) is 0 Å². The molecule has 6 heteroatoms. The Hall–Kier alpha value is -1.11. The van der Waals surface area contributed by atoms with Crippen LogP contribution in [0.4, 0.5) is 4.39 Å². The SMILES string of the molecule is C[C@]12CCC(=O)CC1=CCC1C3CC[C@](O)(C(=O)CO)[C@@]3(C)C[C@H](O)C12F. The molecule has 5 nitrogen and oxygen atoms in total. The van der Waals surface area contributed by atoms with Crippen molar-refractivity contribution in [1.29, 1.82) is 0 Å². The average molecular weight is 380 g/mol. The van der Waals surface area contributed by atoms with Gasteiger partial charge in [0.25, 0.3) is 0 Å². The van der Waals surface area contributed by atoms with Crippen molar-refractivity contribution < 1.29 is 29.3 Å². The predicted octanol–water partition coefficient (Wildman–Crippen LogP) is 1.87. The van der Waals surface area contributed by atoms with Gasteiger partial charge >= 0.3 is 0 Å². The largest absolute Gasteiger partial charge is 0.390 e. The predicted molar refractivity (Wildman–Crippen MR) is 95.5 cm³/mol. The molecule has 4 rings (SSSR count). The summed E-state index contributed by atoms with van der Waals surface area (Å²) in [6.07, 6.45) is 2.61. The Kier molecular flexibility index (Phi) is 4.06. The lowest BCUT2D eigenvalue weighted by Crippen LogP contribution is -2.69. The van der Waals surface area contributed by atoms with Gasteiger partial charge in [-0.05, 0) is 38.0 Å². The lowest BCUT2D eigenvalue weighted by Gasteiger charge is -2.62. The molecule has 0 spiro atoms. The molecule has 0 aromatic carbocycles. The average Bonchev–Trinajstić information content (AvgIpc) is 2.88. The smallest absolute Gasteiger partial charge is 0.190 e. The van der Waals surface area contributed by atoms with Crippen molar-refractivity contribution in [3.05, 3.63) is 11.6 Å². The molecule has 7 atom stereocenters. The number of aliphatic hydroxyl groups is 3. The molecule has 0 aromatic heterocycles. The molecule has 150 valence electrons. The number of halogens is 1. The number of allylic oxidation sites excluding steroid dienone is 2. The Morgan fingerprint density at radius 1 is 1.30 bits per heavy atom. The van der Waals surface area contributed by atoms with E-state index in [1.807, 2.05) is 13.0 Å². The highest BCUT2D eigenvalue weighted by Gasteiger charge is 2.73. The van der Waals surface area contributed by atoms with Gasteiger partial charge in [0.15, 0.2) is 5.78 Å². The molecule has 3 N–H and O–H groups in total. The van der Waals surface area contributed by atoms with Crippen LogP contribution in [0.1, 0.15) is 58.8 Å². The molecule has 4 aliphatic rings. The number of alkyl halides is 1. The molecule has 0 bridgehead atoms. The van der Waals surface area contributed by atoms with E-state index in [1.165, 1.54) is 0 Å². The Labute approximate surface area is 158 Å². The van der Waals surface area contributed by atoms with Crippen LogP contribution >= 0.6 is 0 Å². The summed E-state index contributed by atoms with van der Waals surface area (Å²) in [4.78, 5) is 24.3. The second kappa shape index (κ2) is 5.71. The number of carbonyl (C=O) groups is 2. The van der Waals surface area contributed by atoms with Crippen LogP contribution in [0.15, 0.2) is 11.6 Å². The van der Waals surface area contributed by atoms with Crippen LogP contribution < -0.4 is 0 Å². The van der Waals surface area contributed by atoms with Gasteiger partial charge in [-0.15, -0.1) is 0 Å². The number of carbonyl (C=O) groups excluding carboxylic acids is 2. The van der Waals surface area contributed by atoms with E-state index in [0.717, 1.165) is 5.57 Å². The first-order valence-corrected chi connectivity index (χ1v) is 9.99. The van der Waals surface area contributed by atoms with Crippen molar-refractivity contribution in [3.8, 4) is 0 Å². The Morgan fingerprint density at radius 2 is 2.00 bits per heavy atom. The maximum atomic E-state index is 16.8. The van der Waals surface area contributed by atoms with Gasteiger partial charge in [-0.1, -0.05) is 25.5 Å². The van der Waals surface area contributed by atoms with Gasteiger partial charge in [0.1, 0.15) is 23.7 Å². The van der Waals surface area contributed by atoms with Gasteiger partial charge in [0.05, 0.1) is 6.10 Å². The minimum Gasteiger partial charge on any atom is -0.390 e. The van der Waals surface area contributed by atoms with E-state index in [-0.39, 0.29) is 31.0 Å². The molecule has 3 unspecified atom stereocenters. The second-order valence-electron chi connectivity index (χ2n) is 9.61. The van der Waals surface area contributed by atoms with Crippen LogP contribution in [0.2, 0.25) is 0 Å². The van der Waals surface area contributed by atoms with Gasteiger partial charge in [0.2, 0.25) is 0 Å².